The molecule has 5 rings (SSSR count). The van der Waals surface area contributed by atoms with Gasteiger partial charge in [-0.2, -0.15) is 0 Å². The maximum atomic E-state index is 12.7. The number of nitrogens with zero attached hydrogens (tertiary/aromatic N) is 2. The Kier molecular flexibility index (Phi) is 7.50. The van der Waals surface area contributed by atoms with E-state index in [1.165, 1.54) is 10.3 Å². The van der Waals surface area contributed by atoms with Crippen LogP contribution in [0.15, 0.2) is 47.9 Å². The summed E-state index contributed by atoms with van der Waals surface area (Å²) in [6.07, 6.45) is 7.26. The Labute approximate surface area is 213 Å². The van der Waals surface area contributed by atoms with Crippen LogP contribution in [0.25, 0.3) is 17.3 Å². The molecular weight excluding hydrogens is 475 g/mol. The van der Waals surface area contributed by atoms with Gasteiger partial charge < -0.3 is 14.4 Å². The molecule has 5 nitrogen and oxygen atoms in total. The third kappa shape index (κ3) is 5.60. The van der Waals surface area contributed by atoms with Gasteiger partial charge in [-0.25, -0.2) is 4.98 Å². The van der Waals surface area contributed by atoms with E-state index >= 15 is 0 Å². The number of piperidine rings is 1. The lowest BCUT2D eigenvalue weighted by atomic mass is 9.97. The molecule has 2 aliphatic rings. The molecule has 7 heteroatoms. The van der Waals surface area contributed by atoms with E-state index in [0.29, 0.717) is 5.92 Å². The van der Waals surface area contributed by atoms with Crippen LogP contribution >= 0.6 is 19.9 Å². The number of fused-ring (bicyclic) bond motifs is 1. The fourth-order valence-electron chi connectivity index (χ4n) is 4.51. The first kappa shape index (κ1) is 24.0. The van der Waals surface area contributed by atoms with E-state index in [9.17, 15) is 4.79 Å². The van der Waals surface area contributed by atoms with Crippen molar-refractivity contribution in [2.75, 3.05) is 26.0 Å². The van der Waals surface area contributed by atoms with Crippen LogP contribution in [0.1, 0.15) is 48.2 Å². The second-order valence-corrected chi connectivity index (χ2v) is 11.1. The van der Waals surface area contributed by atoms with Crippen LogP contribution in [0.3, 0.4) is 0 Å². The summed E-state index contributed by atoms with van der Waals surface area (Å²) in [5.74, 6) is 2.39. The Hall–Kier alpha value is -2.69. The minimum absolute atomic E-state index is 0.0763. The highest BCUT2D eigenvalue weighted by Crippen LogP contribution is 2.34. The quantitative estimate of drug-likeness (QED) is 0.292. The van der Waals surface area contributed by atoms with Crippen molar-refractivity contribution in [1.82, 2.24) is 9.88 Å². The highest BCUT2D eigenvalue weighted by Gasteiger charge is 2.25. The van der Waals surface area contributed by atoms with E-state index in [1.807, 2.05) is 23.1 Å². The number of aromatic nitrogens is 1. The molecule has 0 spiro atoms. The molecule has 1 fully saturated rings. The van der Waals surface area contributed by atoms with Gasteiger partial charge in [0.2, 0.25) is 5.91 Å². The van der Waals surface area contributed by atoms with Gasteiger partial charge >= 0.3 is 0 Å². The van der Waals surface area contributed by atoms with Crippen LogP contribution in [-0.4, -0.2) is 41.8 Å². The molecule has 2 aromatic carbocycles. The normalized spacial score (nSPS) is 16.6. The zero-order valence-corrected chi connectivity index (χ0v) is 22.1. The maximum absolute atomic E-state index is 12.7. The first-order valence-corrected chi connectivity index (χ1v) is 14.4. The molecule has 2 aliphatic heterocycles. The van der Waals surface area contributed by atoms with Crippen molar-refractivity contribution in [3.8, 4) is 22.8 Å². The number of carbonyl (C=O) groups is 1. The second kappa shape index (κ2) is 10.9. The molecule has 3 heterocycles. The average Bonchev–Trinajstić information content (AvgIpc) is 3.56. The largest absolute Gasteiger partial charge is 0.493 e. The number of ether oxygens (including phenoxy) is 2. The van der Waals surface area contributed by atoms with Crippen molar-refractivity contribution in [2.24, 2.45) is 0 Å². The van der Waals surface area contributed by atoms with Crippen LogP contribution in [-0.2, 0) is 4.79 Å². The van der Waals surface area contributed by atoms with Crippen LogP contribution in [0.5, 0.6) is 11.5 Å². The molecule has 0 saturated carbocycles. The number of benzene rings is 2. The van der Waals surface area contributed by atoms with Crippen LogP contribution in [0.4, 0.5) is 0 Å². The van der Waals surface area contributed by atoms with E-state index in [2.05, 4.69) is 43.5 Å². The average molecular weight is 507 g/mol. The highest BCUT2D eigenvalue weighted by molar-refractivity contribution is 7.47. The van der Waals surface area contributed by atoms with Gasteiger partial charge in [0.15, 0.2) is 0 Å². The molecule has 0 aliphatic carbocycles. The molecule has 0 radical (unpaired) electrons. The lowest BCUT2D eigenvalue weighted by molar-refractivity contribution is -0.126. The van der Waals surface area contributed by atoms with Crippen LogP contribution in [0, 0.1) is 6.92 Å². The van der Waals surface area contributed by atoms with E-state index in [1.54, 1.807) is 17.4 Å². The van der Waals surface area contributed by atoms with Gasteiger partial charge in [0.25, 0.3) is 0 Å². The van der Waals surface area contributed by atoms with E-state index in [0.717, 1.165) is 87.8 Å². The molecule has 0 bridgehead atoms. The maximum Gasteiger partial charge on any atom is 0.246 e. The first-order chi connectivity index (χ1) is 17.1. The molecule has 1 saturated heterocycles. The molecule has 182 valence electrons. The fraction of sp³-hybridized carbons (Fsp3) is 0.357. The smallest absolute Gasteiger partial charge is 0.246 e. The predicted octanol–water partition coefficient (Wildman–Crippen LogP) is 5.98. The Balaban J connectivity index is 1.16. The van der Waals surface area contributed by atoms with Crippen molar-refractivity contribution in [1.29, 1.82) is 0 Å². The molecule has 1 unspecified atom stereocenters. The zero-order valence-electron chi connectivity index (χ0n) is 20.3. The van der Waals surface area contributed by atoms with Crippen LogP contribution in [0.2, 0.25) is 0 Å². The molecular formula is C28H31N2O3PS. The topological polar surface area (TPSA) is 51.7 Å². The summed E-state index contributed by atoms with van der Waals surface area (Å²) in [6.45, 7) is 6.46. The molecule has 1 amide bonds. The predicted molar refractivity (Wildman–Crippen MR) is 146 cm³/mol. The van der Waals surface area contributed by atoms with Crippen molar-refractivity contribution in [2.45, 2.75) is 39.0 Å². The van der Waals surface area contributed by atoms with Crippen molar-refractivity contribution in [3.63, 3.8) is 0 Å². The Morgan fingerprint density at radius 3 is 2.91 bits per heavy atom. The summed E-state index contributed by atoms with van der Waals surface area (Å²) < 4.78 is 11.5. The van der Waals surface area contributed by atoms with Gasteiger partial charge in [-0.15, -0.1) is 11.3 Å². The molecule has 1 atom stereocenters. The summed E-state index contributed by atoms with van der Waals surface area (Å²) in [4.78, 5) is 19.7. The number of aryl methyl sites for hydroxylation is 1. The molecule has 35 heavy (non-hydrogen) atoms. The number of carbonyl (C=O) groups excluding carboxylic acids is 1. The molecule has 1 aromatic heterocycles. The summed E-state index contributed by atoms with van der Waals surface area (Å²) in [5.41, 5.74) is 4.30. The van der Waals surface area contributed by atoms with E-state index < -0.39 is 0 Å². The monoisotopic (exact) mass is 506 g/mol. The van der Waals surface area contributed by atoms with Gasteiger partial charge in [0.1, 0.15) is 17.8 Å². The van der Waals surface area contributed by atoms with Gasteiger partial charge in [-0.05, 0) is 76.2 Å². The number of hydrogen-bond acceptors (Lipinski definition) is 5. The summed E-state index contributed by atoms with van der Waals surface area (Å²) in [5, 5.41) is 4.59. The summed E-state index contributed by atoms with van der Waals surface area (Å²) in [7, 11) is 0.723. The SMILES string of the molecule is CCCOc1ccc(-c2csc(C3CCN(C(=O)/C=C/c4ccc5c(c4)OCP5)CC3)n2)cc1C. The number of rotatable bonds is 7. The van der Waals surface area contributed by atoms with Crippen molar-refractivity contribution >= 4 is 37.2 Å². The Bertz CT molecular complexity index is 1230. The number of likely N-dealkylation sites (tertiary alicyclic amines) is 1. The third-order valence-corrected chi connectivity index (χ3v) is 8.61. The first-order valence-electron chi connectivity index (χ1n) is 12.3. The van der Waals surface area contributed by atoms with Gasteiger partial charge in [0, 0.05) is 41.3 Å². The van der Waals surface area contributed by atoms with Gasteiger partial charge in [-0.3, -0.25) is 4.79 Å². The van der Waals surface area contributed by atoms with Gasteiger partial charge in [-0.1, -0.05) is 19.1 Å². The van der Waals surface area contributed by atoms with E-state index in [4.69, 9.17) is 14.5 Å². The van der Waals surface area contributed by atoms with Crippen molar-refractivity contribution < 1.29 is 14.3 Å². The van der Waals surface area contributed by atoms with Crippen molar-refractivity contribution in [3.05, 3.63) is 64.0 Å². The lowest BCUT2D eigenvalue weighted by Crippen LogP contribution is -2.36. The highest BCUT2D eigenvalue weighted by atomic mass is 32.1. The van der Waals surface area contributed by atoms with Crippen LogP contribution < -0.4 is 14.8 Å². The number of thiazole rings is 1. The Morgan fingerprint density at radius 1 is 1.26 bits per heavy atom. The lowest BCUT2D eigenvalue weighted by Gasteiger charge is -2.30. The molecule has 0 N–H and O–H groups in total. The van der Waals surface area contributed by atoms with Gasteiger partial charge in [0.05, 0.1) is 17.3 Å². The summed E-state index contributed by atoms with van der Waals surface area (Å²) >= 11 is 1.73. The number of amides is 1. The molecule has 3 aromatic rings. The summed E-state index contributed by atoms with van der Waals surface area (Å²) in [6, 6.07) is 12.5. The minimum Gasteiger partial charge on any atom is -0.493 e. The minimum atomic E-state index is 0.0763. The Morgan fingerprint density at radius 2 is 2.11 bits per heavy atom. The number of hydrogen-bond donors (Lipinski definition) is 0. The van der Waals surface area contributed by atoms with E-state index in [-0.39, 0.29) is 5.91 Å². The second-order valence-electron chi connectivity index (χ2n) is 9.05. The zero-order chi connectivity index (χ0) is 24.2. The third-order valence-electron chi connectivity index (χ3n) is 6.52. The standard InChI is InChI=1S/C28H31N2O3PS/c1-3-14-32-24-7-6-22(15-19(24)2)23-17-35-28(29-23)21-10-12-30(13-11-21)27(31)9-5-20-4-8-26-25(16-20)33-18-34-26/h4-9,15-17,21,34H,3,10-14,18H2,1-2H3/b9-5+. The fourth-order valence-corrected chi connectivity index (χ4v) is 6.41.